The normalized spacial score (nSPS) is 10.4. The summed E-state index contributed by atoms with van der Waals surface area (Å²) < 4.78 is 1.23. The van der Waals surface area contributed by atoms with Crippen LogP contribution >= 0.6 is 0 Å². The van der Waals surface area contributed by atoms with E-state index in [0.717, 1.165) is 11.1 Å². The molecule has 1 aromatic heterocycles. The van der Waals surface area contributed by atoms with Crippen molar-refractivity contribution in [2.75, 3.05) is 10.6 Å². The van der Waals surface area contributed by atoms with E-state index >= 15 is 0 Å². The van der Waals surface area contributed by atoms with E-state index in [-0.39, 0.29) is 30.2 Å². The van der Waals surface area contributed by atoms with E-state index in [2.05, 4.69) is 4.98 Å². The average molecular weight is 451 g/mol. The zero-order valence-electron chi connectivity index (χ0n) is 18.1. The van der Waals surface area contributed by atoms with Crippen molar-refractivity contribution in [2.45, 2.75) is 13.1 Å². The molecule has 3 N–H and O–H groups in total. The highest BCUT2D eigenvalue weighted by molar-refractivity contribution is 6.07. The van der Waals surface area contributed by atoms with Crippen LogP contribution in [0, 0.1) is 11.3 Å². The van der Waals surface area contributed by atoms with Crippen LogP contribution in [0.1, 0.15) is 27.0 Å². The number of aromatic nitrogens is 2. The molecule has 0 spiro atoms. The van der Waals surface area contributed by atoms with E-state index < -0.39 is 17.2 Å². The van der Waals surface area contributed by atoms with Crippen LogP contribution in [0.15, 0.2) is 94.5 Å². The number of nitrogens with zero attached hydrogens (tertiary/aromatic N) is 3. The summed E-state index contributed by atoms with van der Waals surface area (Å²) in [6, 6.07) is 26.5. The highest BCUT2D eigenvalue weighted by Crippen LogP contribution is 2.23. The van der Waals surface area contributed by atoms with Crippen LogP contribution in [0.4, 0.5) is 11.5 Å². The zero-order chi connectivity index (χ0) is 24.1. The van der Waals surface area contributed by atoms with Gasteiger partial charge in [0.15, 0.2) is 5.69 Å². The van der Waals surface area contributed by atoms with Gasteiger partial charge in [-0.1, -0.05) is 66.7 Å². The van der Waals surface area contributed by atoms with Gasteiger partial charge in [-0.3, -0.25) is 24.0 Å². The number of nitrogens with two attached hydrogens (primary N) is 1. The first-order chi connectivity index (χ1) is 16.5. The summed E-state index contributed by atoms with van der Waals surface area (Å²) in [5, 5.41) is 9.24. The van der Waals surface area contributed by atoms with Crippen molar-refractivity contribution >= 4 is 17.4 Å². The number of carbonyl (C=O) groups excluding carboxylic acids is 1. The molecule has 0 aliphatic carbocycles. The monoisotopic (exact) mass is 451 g/mol. The summed E-state index contributed by atoms with van der Waals surface area (Å²) in [7, 11) is 0. The van der Waals surface area contributed by atoms with Gasteiger partial charge in [-0.05, 0) is 29.3 Å². The molecule has 34 heavy (non-hydrogen) atoms. The summed E-state index contributed by atoms with van der Waals surface area (Å²) in [4.78, 5) is 42.7. The van der Waals surface area contributed by atoms with Crippen LogP contribution in [0.25, 0.3) is 0 Å². The molecular formula is C26H21N5O3. The van der Waals surface area contributed by atoms with E-state index in [1.165, 1.54) is 15.5 Å². The Balaban J connectivity index is 1.86. The van der Waals surface area contributed by atoms with Crippen molar-refractivity contribution in [3.8, 4) is 6.07 Å². The second-order valence-corrected chi connectivity index (χ2v) is 7.63. The number of nitrogens with one attached hydrogen (secondary N) is 1. The van der Waals surface area contributed by atoms with Gasteiger partial charge < -0.3 is 5.73 Å². The Morgan fingerprint density at radius 1 is 0.941 bits per heavy atom. The first-order valence-electron chi connectivity index (χ1n) is 10.5. The molecule has 168 valence electrons. The van der Waals surface area contributed by atoms with Crippen molar-refractivity contribution in [2.24, 2.45) is 0 Å². The van der Waals surface area contributed by atoms with Crippen LogP contribution in [-0.4, -0.2) is 15.5 Å². The van der Waals surface area contributed by atoms with Crippen molar-refractivity contribution in [1.82, 2.24) is 9.55 Å². The Bertz CT molecular complexity index is 1490. The van der Waals surface area contributed by atoms with Crippen molar-refractivity contribution in [3.63, 3.8) is 0 Å². The fraction of sp³-hybridized carbons (Fsp3) is 0.0769. The highest BCUT2D eigenvalue weighted by atomic mass is 16.2. The van der Waals surface area contributed by atoms with Crippen LogP contribution in [0.5, 0.6) is 0 Å². The van der Waals surface area contributed by atoms with E-state index in [4.69, 9.17) is 5.73 Å². The van der Waals surface area contributed by atoms with Gasteiger partial charge in [0, 0.05) is 5.56 Å². The number of rotatable bonds is 6. The van der Waals surface area contributed by atoms with Gasteiger partial charge in [-0.2, -0.15) is 5.26 Å². The zero-order valence-corrected chi connectivity index (χ0v) is 18.1. The predicted molar refractivity (Wildman–Crippen MR) is 129 cm³/mol. The molecule has 0 aliphatic rings. The molecule has 8 heteroatoms. The Hall–Kier alpha value is -4.90. The van der Waals surface area contributed by atoms with Gasteiger partial charge in [0.2, 0.25) is 0 Å². The maximum atomic E-state index is 13.6. The minimum absolute atomic E-state index is 0.0350. The van der Waals surface area contributed by atoms with Crippen LogP contribution in [-0.2, 0) is 13.1 Å². The molecule has 0 bridgehead atoms. The molecule has 3 aromatic carbocycles. The molecule has 0 fully saturated rings. The number of hydrogen-bond acceptors (Lipinski definition) is 5. The summed E-state index contributed by atoms with van der Waals surface area (Å²) in [6.45, 7) is 0.153. The summed E-state index contributed by atoms with van der Waals surface area (Å²) in [6.07, 6.45) is 0. The van der Waals surface area contributed by atoms with Crippen molar-refractivity contribution in [1.29, 1.82) is 5.26 Å². The van der Waals surface area contributed by atoms with Gasteiger partial charge in [-0.25, -0.2) is 4.79 Å². The number of aromatic amines is 1. The first kappa shape index (κ1) is 22.3. The van der Waals surface area contributed by atoms with Crippen LogP contribution < -0.4 is 21.9 Å². The van der Waals surface area contributed by atoms with E-state index in [9.17, 15) is 19.6 Å². The molecule has 0 radical (unpaired) electrons. The van der Waals surface area contributed by atoms with Gasteiger partial charge in [0.1, 0.15) is 5.82 Å². The Labute approximate surface area is 195 Å². The number of benzene rings is 3. The molecular weight excluding hydrogens is 430 g/mol. The van der Waals surface area contributed by atoms with Gasteiger partial charge in [0.25, 0.3) is 11.5 Å². The second kappa shape index (κ2) is 9.71. The topological polar surface area (TPSA) is 125 Å². The fourth-order valence-corrected chi connectivity index (χ4v) is 3.66. The molecule has 0 unspecified atom stereocenters. The standard InChI is InChI=1S/C26H21N5O3/c27-15-20-12-7-13-21(14-20)25(33)30(16-18-8-3-1-4-9-18)22-23(28)31(26(34)29-24(22)32)17-19-10-5-2-6-11-19/h1-14H,16-17,28H2,(H,29,32,34). The lowest BCUT2D eigenvalue weighted by atomic mass is 10.1. The number of H-pyrrole nitrogens is 1. The smallest absolute Gasteiger partial charge is 0.330 e. The predicted octanol–water partition coefficient (Wildman–Crippen LogP) is 2.89. The maximum Gasteiger partial charge on any atom is 0.330 e. The lowest BCUT2D eigenvalue weighted by molar-refractivity contribution is 0.0984. The number of nitriles is 1. The van der Waals surface area contributed by atoms with Gasteiger partial charge in [0.05, 0.1) is 24.7 Å². The van der Waals surface area contributed by atoms with Crippen LogP contribution in [0.3, 0.4) is 0 Å². The minimum atomic E-state index is -0.771. The van der Waals surface area contributed by atoms with Crippen LogP contribution in [0.2, 0.25) is 0 Å². The molecule has 0 saturated heterocycles. The molecule has 4 aromatic rings. The third kappa shape index (κ3) is 4.64. The number of anilines is 2. The molecule has 0 aliphatic heterocycles. The average Bonchev–Trinajstić information content (AvgIpc) is 2.86. The summed E-state index contributed by atoms with van der Waals surface area (Å²) >= 11 is 0. The molecule has 8 nitrogen and oxygen atoms in total. The summed E-state index contributed by atoms with van der Waals surface area (Å²) in [5.41, 5.74) is 6.86. The molecule has 0 atom stereocenters. The van der Waals surface area contributed by atoms with E-state index in [0.29, 0.717) is 5.56 Å². The largest absolute Gasteiger partial charge is 0.383 e. The number of hydrogen-bond donors (Lipinski definition) is 2. The first-order valence-corrected chi connectivity index (χ1v) is 10.5. The molecule has 0 saturated carbocycles. The number of amides is 1. The van der Waals surface area contributed by atoms with Crippen molar-refractivity contribution in [3.05, 3.63) is 128 Å². The number of nitrogen functional groups attached to an aromatic ring is 1. The Morgan fingerprint density at radius 2 is 1.59 bits per heavy atom. The van der Waals surface area contributed by atoms with Gasteiger partial charge in [-0.15, -0.1) is 0 Å². The fourth-order valence-electron chi connectivity index (χ4n) is 3.66. The second-order valence-electron chi connectivity index (χ2n) is 7.63. The highest BCUT2D eigenvalue weighted by Gasteiger charge is 2.26. The third-order valence-corrected chi connectivity index (χ3v) is 5.33. The SMILES string of the molecule is N#Cc1cccc(C(=O)N(Cc2ccccc2)c2c(N)n(Cc3ccccc3)c(=O)[nH]c2=O)c1. The molecule has 4 rings (SSSR count). The lowest BCUT2D eigenvalue weighted by Crippen LogP contribution is -2.41. The van der Waals surface area contributed by atoms with Gasteiger partial charge >= 0.3 is 5.69 Å². The number of carbonyl (C=O) groups is 1. The van der Waals surface area contributed by atoms with Crippen molar-refractivity contribution < 1.29 is 4.79 Å². The Morgan fingerprint density at radius 3 is 2.24 bits per heavy atom. The molecule has 1 amide bonds. The minimum Gasteiger partial charge on any atom is -0.383 e. The molecule has 1 heterocycles. The third-order valence-electron chi connectivity index (χ3n) is 5.33. The maximum absolute atomic E-state index is 13.6. The quantitative estimate of drug-likeness (QED) is 0.466. The lowest BCUT2D eigenvalue weighted by Gasteiger charge is -2.25. The Kier molecular flexibility index (Phi) is 6.37. The summed E-state index contributed by atoms with van der Waals surface area (Å²) in [5.74, 6) is -0.651. The van der Waals surface area contributed by atoms with E-state index in [1.807, 2.05) is 66.7 Å². The van der Waals surface area contributed by atoms with E-state index in [1.54, 1.807) is 18.2 Å².